The third-order valence-corrected chi connectivity index (χ3v) is 3.71. The van der Waals surface area contributed by atoms with Crippen molar-refractivity contribution in [3.05, 3.63) is 59.9 Å². The first-order valence-electron chi connectivity index (χ1n) is 8.47. The highest BCUT2D eigenvalue weighted by Crippen LogP contribution is 2.17. The first kappa shape index (κ1) is 20.2. The Morgan fingerprint density at radius 3 is 2.52 bits per heavy atom. The van der Waals surface area contributed by atoms with E-state index in [4.69, 9.17) is 14.2 Å². The Morgan fingerprint density at radius 1 is 1.11 bits per heavy atom. The Morgan fingerprint density at radius 2 is 1.81 bits per heavy atom. The van der Waals surface area contributed by atoms with Gasteiger partial charge in [-0.2, -0.15) is 0 Å². The van der Waals surface area contributed by atoms with Gasteiger partial charge in [0.1, 0.15) is 17.3 Å². The van der Waals surface area contributed by atoms with Crippen LogP contribution in [0.4, 0.5) is 4.39 Å². The third kappa shape index (κ3) is 6.62. The molecule has 1 amide bonds. The number of amides is 1. The molecule has 0 saturated carbocycles. The molecule has 0 saturated heterocycles. The number of halogens is 1. The molecule has 7 heteroatoms. The van der Waals surface area contributed by atoms with E-state index in [1.54, 1.807) is 7.11 Å². The van der Waals surface area contributed by atoms with Crippen molar-refractivity contribution >= 4 is 11.9 Å². The maximum atomic E-state index is 12.8. The summed E-state index contributed by atoms with van der Waals surface area (Å²) in [5.41, 5.74) is 0.971. The summed E-state index contributed by atoms with van der Waals surface area (Å²) in [6.45, 7) is 1.48. The fraction of sp³-hybridized carbons (Fsp3) is 0.300. The van der Waals surface area contributed by atoms with Crippen LogP contribution >= 0.6 is 0 Å². The number of esters is 1. The first-order valence-corrected chi connectivity index (χ1v) is 8.47. The number of hydrogen-bond acceptors (Lipinski definition) is 5. The van der Waals surface area contributed by atoms with E-state index in [-0.39, 0.29) is 0 Å². The molecule has 2 aromatic rings. The minimum absolute atomic E-state index is 0.335. The van der Waals surface area contributed by atoms with Crippen LogP contribution in [0.2, 0.25) is 0 Å². The van der Waals surface area contributed by atoms with Gasteiger partial charge in [0, 0.05) is 6.54 Å². The summed E-state index contributed by atoms with van der Waals surface area (Å²) in [4.78, 5) is 23.7. The van der Waals surface area contributed by atoms with Crippen LogP contribution in [0.5, 0.6) is 11.5 Å². The van der Waals surface area contributed by atoms with E-state index in [1.165, 1.54) is 31.2 Å². The minimum Gasteiger partial charge on any atom is -0.496 e. The maximum absolute atomic E-state index is 12.8. The molecule has 0 heterocycles. The monoisotopic (exact) mass is 375 g/mol. The quantitative estimate of drug-likeness (QED) is 0.682. The molecule has 0 radical (unpaired) electrons. The van der Waals surface area contributed by atoms with Crippen molar-refractivity contribution in [2.75, 3.05) is 20.3 Å². The number of hydrogen-bond donors (Lipinski definition) is 1. The number of carbonyl (C=O) groups excluding carboxylic acids is 2. The molecular weight excluding hydrogens is 353 g/mol. The van der Waals surface area contributed by atoms with Crippen LogP contribution in [-0.2, 0) is 20.7 Å². The number of rotatable bonds is 9. The zero-order chi connectivity index (χ0) is 19.6. The lowest BCUT2D eigenvalue weighted by Crippen LogP contribution is -2.33. The van der Waals surface area contributed by atoms with Crippen LogP contribution in [0, 0.1) is 5.82 Å². The van der Waals surface area contributed by atoms with Gasteiger partial charge in [-0.25, -0.2) is 9.18 Å². The van der Waals surface area contributed by atoms with E-state index in [0.29, 0.717) is 18.7 Å². The molecule has 1 atom stereocenters. The summed E-state index contributed by atoms with van der Waals surface area (Å²) in [6.07, 6.45) is -0.329. The van der Waals surface area contributed by atoms with E-state index in [9.17, 15) is 14.0 Å². The average Bonchev–Trinajstić information content (AvgIpc) is 2.68. The SMILES string of the molecule is COc1ccccc1CCNC(=O)COC(=O)[C@@H](C)Oc1ccc(F)cc1. The standard InChI is InChI=1S/C20H22FNO5/c1-14(27-17-9-7-16(21)8-10-17)20(24)26-13-19(23)22-12-11-15-5-3-4-6-18(15)25-2/h3-10,14H,11-13H2,1-2H3,(H,22,23)/t14-/m1/s1. The van der Waals surface area contributed by atoms with Crippen LogP contribution in [0.25, 0.3) is 0 Å². The zero-order valence-corrected chi connectivity index (χ0v) is 15.2. The van der Waals surface area contributed by atoms with Crippen molar-refractivity contribution in [1.29, 1.82) is 0 Å². The van der Waals surface area contributed by atoms with Gasteiger partial charge in [0.25, 0.3) is 5.91 Å². The summed E-state index contributed by atoms with van der Waals surface area (Å²) in [7, 11) is 1.59. The van der Waals surface area contributed by atoms with Crippen molar-refractivity contribution in [2.24, 2.45) is 0 Å². The predicted octanol–water partition coefficient (Wildman–Crippen LogP) is 2.50. The molecule has 0 spiro atoms. The van der Waals surface area contributed by atoms with Gasteiger partial charge in [-0.3, -0.25) is 4.79 Å². The van der Waals surface area contributed by atoms with Crippen LogP contribution in [0.3, 0.4) is 0 Å². The molecule has 0 fully saturated rings. The molecular formula is C20H22FNO5. The second-order valence-electron chi connectivity index (χ2n) is 5.73. The van der Waals surface area contributed by atoms with E-state index in [1.807, 2.05) is 24.3 Å². The minimum atomic E-state index is -0.920. The van der Waals surface area contributed by atoms with Crippen LogP contribution in [0.15, 0.2) is 48.5 Å². The average molecular weight is 375 g/mol. The molecule has 2 aromatic carbocycles. The molecule has 2 rings (SSSR count). The summed E-state index contributed by atoms with van der Waals surface area (Å²) in [5.74, 6) is -0.402. The van der Waals surface area contributed by atoms with Crippen LogP contribution in [-0.4, -0.2) is 38.2 Å². The lowest BCUT2D eigenvalue weighted by atomic mass is 10.1. The number of benzene rings is 2. The summed E-state index contributed by atoms with van der Waals surface area (Å²) in [6, 6.07) is 12.8. The molecule has 27 heavy (non-hydrogen) atoms. The number of methoxy groups -OCH3 is 1. The molecule has 0 bridgehead atoms. The predicted molar refractivity (Wildman–Crippen MR) is 97.2 cm³/mol. The van der Waals surface area contributed by atoms with Crippen LogP contribution < -0.4 is 14.8 Å². The number of nitrogens with one attached hydrogen (secondary N) is 1. The topological polar surface area (TPSA) is 73.9 Å². The van der Waals surface area contributed by atoms with E-state index in [2.05, 4.69) is 5.32 Å². The number of carbonyl (C=O) groups is 2. The van der Waals surface area contributed by atoms with Gasteiger partial charge in [-0.05, 0) is 49.2 Å². The Labute approximate surface area is 157 Å². The Bertz CT molecular complexity index is 763. The Hall–Kier alpha value is -3.09. The lowest BCUT2D eigenvalue weighted by molar-refractivity contribution is -0.154. The third-order valence-electron chi connectivity index (χ3n) is 3.71. The highest BCUT2D eigenvalue weighted by molar-refractivity contribution is 5.82. The Balaban J connectivity index is 1.69. The molecule has 1 N–H and O–H groups in total. The van der Waals surface area contributed by atoms with Gasteiger partial charge in [0.2, 0.25) is 0 Å². The van der Waals surface area contributed by atoms with Gasteiger partial charge in [-0.1, -0.05) is 18.2 Å². The van der Waals surface area contributed by atoms with E-state index < -0.39 is 30.4 Å². The number of ether oxygens (including phenoxy) is 3. The maximum Gasteiger partial charge on any atom is 0.347 e. The van der Waals surface area contributed by atoms with Gasteiger partial charge < -0.3 is 19.5 Å². The zero-order valence-electron chi connectivity index (χ0n) is 15.2. The van der Waals surface area contributed by atoms with Gasteiger partial charge >= 0.3 is 5.97 Å². The molecule has 0 aromatic heterocycles. The molecule has 0 unspecified atom stereocenters. The summed E-state index contributed by atoms with van der Waals surface area (Å²) >= 11 is 0. The van der Waals surface area contributed by atoms with Gasteiger partial charge in [0.05, 0.1) is 7.11 Å². The largest absolute Gasteiger partial charge is 0.496 e. The Kier molecular flexibility index (Phi) is 7.61. The fourth-order valence-corrected chi connectivity index (χ4v) is 2.32. The van der Waals surface area contributed by atoms with Crippen molar-refractivity contribution < 1.29 is 28.2 Å². The molecule has 144 valence electrons. The van der Waals surface area contributed by atoms with Crippen molar-refractivity contribution in [3.8, 4) is 11.5 Å². The summed E-state index contributed by atoms with van der Waals surface area (Å²) in [5, 5.41) is 2.68. The lowest BCUT2D eigenvalue weighted by Gasteiger charge is -2.14. The van der Waals surface area contributed by atoms with Crippen molar-refractivity contribution in [1.82, 2.24) is 5.32 Å². The first-order chi connectivity index (χ1) is 13.0. The van der Waals surface area contributed by atoms with Crippen LogP contribution in [0.1, 0.15) is 12.5 Å². The highest BCUT2D eigenvalue weighted by atomic mass is 19.1. The molecule has 0 aliphatic heterocycles. The van der Waals surface area contributed by atoms with Crippen molar-refractivity contribution in [3.63, 3.8) is 0 Å². The smallest absolute Gasteiger partial charge is 0.347 e. The van der Waals surface area contributed by atoms with Crippen molar-refractivity contribution in [2.45, 2.75) is 19.4 Å². The fourth-order valence-electron chi connectivity index (χ4n) is 2.32. The normalized spacial score (nSPS) is 11.4. The second kappa shape index (κ2) is 10.2. The number of para-hydroxylation sites is 1. The van der Waals surface area contributed by atoms with E-state index >= 15 is 0 Å². The molecule has 0 aliphatic rings. The second-order valence-corrected chi connectivity index (χ2v) is 5.73. The summed E-state index contributed by atoms with van der Waals surface area (Å²) < 4.78 is 28.4. The highest BCUT2D eigenvalue weighted by Gasteiger charge is 2.17. The van der Waals surface area contributed by atoms with Gasteiger partial charge in [0.15, 0.2) is 12.7 Å². The van der Waals surface area contributed by atoms with E-state index in [0.717, 1.165) is 11.3 Å². The van der Waals surface area contributed by atoms with Gasteiger partial charge in [-0.15, -0.1) is 0 Å². The molecule has 0 aliphatic carbocycles. The molecule has 6 nitrogen and oxygen atoms in total.